The van der Waals surface area contributed by atoms with Gasteiger partial charge in [-0.3, -0.25) is 0 Å². The molecule has 23 heavy (non-hydrogen) atoms. The third-order valence-corrected chi connectivity index (χ3v) is 3.02. The highest BCUT2D eigenvalue weighted by atomic mass is 16.7. The molecule has 0 atom stereocenters. The first-order valence-electron chi connectivity index (χ1n) is 6.85. The van der Waals surface area contributed by atoms with Crippen LogP contribution in [-0.2, 0) is 19.1 Å². The molecule has 1 N–H and O–H groups in total. The summed E-state index contributed by atoms with van der Waals surface area (Å²) in [4.78, 5) is 25.1. The van der Waals surface area contributed by atoms with Gasteiger partial charge in [0.05, 0.1) is 18.1 Å². The minimum Gasteiger partial charge on any atom is -0.419 e. The summed E-state index contributed by atoms with van der Waals surface area (Å²) in [6.07, 6.45) is 4.43. The fourth-order valence-electron chi connectivity index (χ4n) is 1.97. The van der Waals surface area contributed by atoms with Crippen LogP contribution in [0.25, 0.3) is 5.69 Å². The van der Waals surface area contributed by atoms with Gasteiger partial charge in [-0.2, -0.15) is 15.0 Å². The highest BCUT2D eigenvalue weighted by molar-refractivity contribution is 6.15. The molecule has 8 heteroatoms. The number of cyclic esters (lactones) is 2. The van der Waals surface area contributed by atoms with Gasteiger partial charge in [-0.1, -0.05) is 0 Å². The molecule has 3 rings (SSSR count). The number of nitrogens with zero attached hydrogens (tertiary/aromatic N) is 3. The van der Waals surface area contributed by atoms with Crippen molar-refractivity contribution in [1.29, 1.82) is 0 Å². The van der Waals surface area contributed by atoms with Crippen molar-refractivity contribution >= 4 is 17.6 Å². The van der Waals surface area contributed by atoms with E-state index >= 15 is 0 Å². The van der Waals surface area contributed by atoms with E-state index in [1.165, 1.54) is 24.8 Å². The molecular formula is C15H14N4O4. The molecule has 1 aliphatic heterocycles. The highest BCUT2D eigenvalue weighted by Crippen LogP contribution is 2.22. The quantitative estimate of drug-likeness (QED) is 0.519. The van der Waals surface area contributed by atoms with E-state index < -0.39 is 17.7 Å². The molecule has 1 saturated heterocycles. The summed E-state index contributed by atoms with van der Waals surface area (Å²) in [6.45, 7) is 2.99. The van der Waals surface area contributed by atoms with Crippen molar-refractivity contribution in [2.75, 3.05) is 5.32 Å². The number of hydrogen-bond donors (Lipinski definition) is 1. The van der Waals surface area contributed by atoms with Gasteiger partial charge in [0, 0.05) is 25.7 Å². The van der Waals surface area contributed by atoms with Crippen molar-refractivity contribution in [3.05, 3.63) is 48.4 Å². The maximum absolute atomic E-state index is 11.8. The molecule has 1 fully saturated rings. The first-order chi connectivity index (χ1) is 10.9. The normalized spacial score (nSPS) is 16.5. The van der Waals surface area contributed by atoms with Crippen molar-refractivity contribution in [2.24, 2.45) is 0 Å². The van der Waals surface area contributed by atoms with Crippen LogP contribution in [0, 0.1) is 0 Å². The third-order valence-electron chi connectivity index (χ3n) is 3.02. The number of hydrogen-bond acceptors (Lipinski definition) is 7. The predicted octanol–water partition coefficient (Wildman–Crippen LogP) is 1.40. The van der Waals surface area contributed by atoms with Crippen molar-refractivity contribution in [3.63, 3.8) is 0 Å². The Kier molecular flexibility index (Phi) is 3.57. The maximum Gasteiger partial charge on any atom is 0.350 e. The van der Waals surface area contributed by atoms with E-state index in [9.17, 15) is 9.59 Å². The van der Waals surface area contributed by atoms with E-state index in [0.29, 0.717) is 5.69 Å². The van der Waals surface area contributed by atoms with Gasteiger partial charge in [0.15, 0.2) is 5.57 Å². The van der Waals surface area contributed by atoms with Crippen LogP contribution in [0.15, 0.2) is 48.4 Å². The molecule has 0 aliphatic carbocycles. The Morgan fingerprint density at radius 3 is 2.17 bits per heavy atom. The molecule has 8 nitrogen and oxygen atoms in total. The van der Waals surface area contributed by atoms with Gasteiger partial charge in [-0.15, -0.1) is 0 Å². The van der Waals surface area contributed by atoms with Crippen molar-refractivity contribution in [2.45, 2.75) is 19.6 Å². The van der Waals surface area contributed by atoms with Crippen LogP contribution in [0.4, 0.5) is 5.69 Å². The predicted molar refractivity (Wildman–Crippen MR) is 79.3 cm³/mol. The Labute approximate surface area is 131 Å². The molecular weight excluding hydrogens is 300 g/mol. The zero-order valence-corrected chi connectivity index (χ0v) is 12.5. The molecule has 1 aliphatic rings. The molecule has 2 aromatic rings. The van der Waals surface area contributed by atoms with Gasteiger partial charge in [0.2, 0.25) is 0 Å². The zero-order chi connectivity index (χ0) is 16.4. The van der Waals surface area contributed by atoms with Crippen molar-refractivity contribution in [3.8, 4) is 5.69 Å². The highest BCUT2D eigenvalue weighted by Gasteiger charge is 2.38. The third kappa shape index (κ3) is 3.20. The molecule has 0 bridgehead atoms. The maximum atomic E-state index is 11.8. The van der Waals surface area contributed by atoms with Gasteiger partial charge in [0.1, 0.15) is 0 Å². The second kappa shape index (κ2) is 5.56. The number of ether oxygens (including phenoxy) is 2. The van der Waals surface area contributed by atoms with E-state index in [4.69, 9.17) is 9.47 Å². The molecule has 0 spiro atoms. The molecule has 0 unspecified atom stereocenters. The lowest BCUT2D eigenvalue weighted by atomic mass is 10.2. The number of benzene rings is 1. The number of anilines is 1. The summed E-state index contributed by atoms with van der Waals surface area (Å²) in [5, 5.41) is 10.9. The van der Waals surface area contributed by atoms with Gasteiger partial charge in [-0.05, 0) is 24.3 Å². The Bertz CT molecular complexity index is 741. The van der Waals surface area contributed by atoms with Crippen LogP contribution in [0.5, 0.6) is 0 Å². The second-order valence-corrected chi connectivity index (χ2v) is 5.25. The number of rotatable bonds is 3. The molecule has 2 heterocycles. The molecule has 0 amide bonds. The summed E-state index contributed by atoms with van der Waals surface area (Å²) < 4.78 is 10.0. The van der Waals surface area contributed by atoms with Crippen LogP contribution in [0.3, 0.4) is 0 Å². The fraction of sp³-hybridized carbons (Fsp3) is 0.200. The van der Waals surface area contributed by atoms with Crippen LogP contribution in [0.1, 0.15) is 13.8 Å². The topological polar surface area (TPSA) is 95.3 Å². The lowest BCUT2D eigenvalue weighted by Gasteiger charge is -2.29. The summed E-state index contributed by atoms with van der Waals surface area (Å²) in [7, 11) is 0. The van der Waals surface area contributed by atoms with Crippen LogP contribution >= 0.6 is 0 Å². The van der Waals surface area contributed by atoms with Gasteiger partial charge >= 0.3 is 11.9 Å². The number of aromatic nitrogens is 3. The van der Waals surface area contributed by atoms with Gasteiger partial charge in [-0.25, -0.2) is 9.59 Å². The standard InChI is InChI=1S/C15H14N4O4/c1-15(2)22-13(20)12(14(21)23-15)9-16-10-3-5-11(6-4-10)19-17-7-8-18-19/h3-9,16H,1-2H3. The van der Waals surface area contributed by atoms with Crippen molar-refractivity contribution < 1.29 is 19.1 Å². The van der Waals surface area contributed by atoms with Crippen LogP contribution < -0.4 is 5.32 Å². The monoisotopic (exact) mass is 314 g/mol. The van der Waals surface area contributed by atoms with E-state index in [-0.39, 0.29) is 5.57 Å². The summed E-state index contributed by atoms with van der Waals surface area (Å²) in [5.74, 6) is -2.70. The number of esters is 2. The summed E-state index contributed by atoms with van der Waals surface area (Å²) in [6, 6.07) is 7.11. The largest absolute Gasteiger partial charge is 0.419 e. The van der Waals surface area contributed by atoms with Gasteiger partial charge in [0.25, 0.3) is 5.79 Å². The Hall–Kier alpha value is -3.16. The van der Waals surface area contributed by atoms with E-state index in [0.717, 1.165) is 5.69 Å². The first-order valence-corrected chi connectivity index (χ1v) is 6.85. The van der Waals surface area contributed by atoms with Crippen molar-refractivity contribution in [1.82, 2.24) is 15.0 Å². The van der Waals surface area contributed by atoms with Gasteiger partial charge < -0.3 is 14.8 Å². The summed E-state index contributed by atoms with van der Waals surface area (Å²) >= 11 is 0. The second-order valence-electron chi connectivity index (χ2n) is 5.25. The molecule has 0 saturated carbocycles. The van der Waals surface area contributed by atoms with Crippen LogP contribution in [-0.4, -0.2) is 32.7 Å². The van der Waals surface area contributed by atoms with Crippen LogP contribution in [0.2, 0.25) is 0 Å². The number of carbonyl (C=O) groups is 2. The van der Waals surface area contributed by atoms with E-state index in [1.54, 1.807) is 36.7 Å². The lowest BCUT2D eigenvalue weighted by molar-refractivity contribution is -0.222. The Morgan fingerprint density at radius 2 is 1.61 bits per heavy atom. The van der Waals surface area contributed by atoms with E-state index in [2.05, 4.69) is 15.5 Å². The summed E-state index contributed by atoms with van der Waals surface area (Å²) in [5.41, 5.74) is 1.27. The molecule has 1 aromatic carbocycles. The molecule has 1 aromatic heterocycles. The Morgan fingerprint density at radius 1 is 1.04 bits per heavy atom. The smallest absolute Gasteiger partial charge is 0.350 e. The molecule has 118 valence electrons. The average molecular weight is 314 g/mol. The fourth-order valence-corrected chi connectivity index (χ4v) is 1.97. The number of nitrogens with one attached hydrogen (secondary N) is 1. The average Bonchev–Trinajstić information content (AvgIpc) is 3.00. The lowest BCUT2D eigenvalue weighted by Crippen LogP contribution is -2.42. The minimum atomic E-state index is -1.25. The first kappa shape index (κ1) is 14.8. The van der Waals surface area contributed by atoms with E-state index in [1.807, 2.05) is 0 Å². The Balaban J connectivity index is 1.72. The number of carbonyl (C=O) groups excluding carboxylic acids is 2. The zero-order valence-electron chi connectivity index (χ0n) is 12.5. The minimum absolute atomic E-state index is 0.192. The SMILES string of the molecule is CC1(C)OC(=O)C(=CNc2ccc(-n3nccn3)cc2)C(=O)O1. The molecule has 0 radical (unpaired) electrons.